The lowest BCUT2D eigenvalue weighted by Gasteiger charge is -2.38. The first-order chi connectivity index (χ1) is 14.8. The van der Waals surface area contributed by atoms with Crippen LogP contribution in [0.25, 0.3) is 0 Å². The number of hydrogen-bond acceptors (Lipinski definition) is 6. The van der Waals surface area contributed by atoms with Crippen LogP contribution in [0.15, 0.2) is 72.0 Å². The third kappa shape index (κ3) is 3.14. The van der Waals surface area contributed by atoms with Crippen molar-refractivity contribution in [2.45, 2.75) is 25.6 Å². The Labute approximate surface area is 175 Å². The molecular weight excluding hydrogens is 378 g/mol. The molecule has 6 heteroatoms. The summed E-state index contributed by atoms with van der Waals surface area (Å²) in [5.74, 6) is 2.37. The van der Waals surface area contributed by atoms with Gasteiger partial charge in [-0.1, -0.05) is 18.2 Å². The summed E-state index contributed by atoms with van der Waals surface area (Å²) >= 11 is 0. The minimum atomic E-state index is -0.416. The van der Waals surface area contributed by atoms with E-state index in [1.54, 1.807) is 13.3 Å². The minimum Gasteiger partial charge on any atom is -0.497 e. The largest absolute Gasteiger partial charge is 0.497 e. The van der Waals surface area contributed by atoms with Gasteiger partial charge in [-0.3, -0.25) is 4.98 Å². The molecule has 30 heavy (non-hydrogen) atoms. The average Bonchev–Trinajstić information content (AvgIpc) is 3.25. The van der Waals surface area contributed by atoms with Gasteiger partial charge in [0.1, 0.15) is 11.4 Å². The molecule has 0 aliphatic carbocycles. The van der Waals surface area contributed by atoms with Crippen LogP contribution in [-0.2, 0) is 0 Å². The van der Waals surface area contributed by atoms with Crippen molar-refractivity contribution >= 4 is 5.71 Å². The standard InChI is InChI=1S/C24H23N3O3/c1-3-29-22-9-6-7-18-21-15-20(16-10-12-17(28-2)13-11-16)26-27(21)24(30-23(18)22)19-8-4-5-14-25-19/h4-14,21,24H,3,15H2,1-2H3/t21-,24-/m1/s1. The van der Waals surface area contributed by atoms with Gasteiger partial charge < -0.3 is 14.2 Å². The Balaban J connectivity index is 1.58. The summed E-state index contributed by atoms with van der Waals surface area (Å²) in [5.41, 5.74) is 3.99. The summed E-state index contributed by atoms with van der Waals surface area (Å²) in [6.45, 7) is 2.56. The zero-order valence-electron chi connectivity index (χ0n) is 17.0. The first kappa shape index (κ1) is 18.5. The highest BCUT2D eigenvalue weighted by Crippen LogP contribution is 2.50. The highest BCUT2D eigenvalue weighted by atomic mass is 16.5. The number of methoxy groups -OCH3 is 1. The number of fused-ring (bicyclic) bond motifs is 3. The number of nitrogens with zero attached hydrogens (tertiary/aromatic N) is 3. The topological polar surface area (TPSA) is 56.2 Å². The van der Waals surface area contributed by atoms with E-state index in [1.165, 1.54) is 0 Å². The second-order valence-corrected chi connectivity index (χ2v) is 7.21. The average molecular weight is 401 g/mol. The fraction of sp³-hybridized carbons (Fsp3) is 0.250. The number of benzene rings is 2. The molecule has 0 unspecified atom stereocenters. The summed E-state index contributed by atoms with van der Waals surface area (Å²) < 4.78 is 17.6. The highest BCUT2D eigenvalue weighted by molar-refractivity contribution is 6.02. The maximum atomic E-state index is 6.45. The van der Waals surface area contributed by atoms with Crippen molar-refractivity contribution in [3.05, 3.63) is 83.7 Å². The molecule has 2 aliphatic rings. The molecule has 2 aromatic carbocycles. The normalized spacial score (nSPS) is 19.4. The van der Waals surface area contributed by atoms with Gasteiger partial charge in [0, 0.05) is 18.2 Å². The van der Waals surface area contributed by atoms with Gasteiger partial charge in [0.05, 0.1) is 25.5 Å². The Morgan fingerprint density at radius 1 is 1.07 bits per heavy atom. The van der Waals surface area contributed by atoms with E-state index in [2.05, 4.69) is 11.1 Å². The molecule has 0 fully saturated rings. The molecule has 5 rings (SSSR count). The van der Waals surface area contributed by atoms with Gasteiger partial charge in [-0.15, -0.1) is 0 Å². The van der Waals surface area contributed by atoms with Gasteiger partial charge >= 0.3 is 0 Å². The molecule has 0 radical (unpaired) electrons. The SMILES string of the molecule is CCOc1cccc2c1O[C@H](c1ccccn1)N1N=C(c3ccc(OC)cc3)C[C@H]21. The van der Waals surface area contributed by atoms with E-state index in [4.69, 9.17) is 19.3 Å². The second-order valence-electron chi connectivity index (χ2n) is 7.21. The third-order valence-corrected chi connectivity index (χ3v) is 5.44. The van der Waals surface area contributed by atoms with Crippen molar-refractivity contribution < 1.29 is 14.2 Å². The Morgan fingerprint density at radius 2 is 1.93 bits per heavy atom. The highest BCUT2D eigenvalue weighted by Gasteiger charge is 2.42. The van der Waals surface area contributed by atoms with E-state index in [0.717, 1.165) is 46.2 Å². The molecule has 0 saturated heterocycles. The van der Waals surface area contributed by atoms with Gasteiger partial charge in [-0.2, -0.15) is 5.10 Å². The quantitative estimate of drug-likeness (QED) is 0.619. The van der Waals surface area contributed by atoms with Gasteiger partial charge in [0.2, 0.25) is 6.23 Å². The third-order valence-electron chi connectivity index (χ3n) is 5.44. The molecular formula is C24H23N3O3. The predicted octanol–water partition coefficient (Wildman–Crippen LogP) is 4.73. The van der Waals surface area contributed by atoms with Crippen LogP contribution < -0.4 is 14.2 Å². The molecule has 0 amide bonds. The zero-order chi connectivity index (χ0) is 20.5. The van der Waals surface area contributed by atoms with Gasteiger partial charge in [0.25, 0.3) is 0 Å². The number of para-hydroxylation sites is 1. The lowest BCUT2D eigenvalue weighted by molar-refractivity contribution is -0.0240. The molecule has 0 saturated carbocycles. The van der Waals surface area contributed by atoms with E-state index >= 15 is 0 Å². The zero-order valence-corrected chi connectivity index (χ0v) is 17.0. The Kier molecular flexibility index (Phi) is 4.75. The van der Waals surface area contributed by atoms with E-state index in [0.29, 0.717) is 6.61 Å². The number of pyridine rings is 1. The Bertz CT molecular complexity index is 1070. The van der Waals surface area contributed by atoms with E-state index in [-0.39, 0.29) is 6.04 Å². The number of ether oxygens (including phenoxy) is 3. The molecule has 6 nitrogen and oxygen atoms in total. The van der Waals surface area contributed by atoms with Crippen LogP contribution in [0.1, 0.15) is 42.4 Å². The lowest BCUT2D eigenvalue weighted by Crippen LogP contribution is -2.34. The molecule has 0 bridgehead atoms. The van der Waals surface area contributed by atoms with Crippen LogP contribution in [-0.4, -0.2) is 29.4 Å². The van der Waals surface area contributed by atoms with Crippen molar-refractivity contribution in [2.24, 2.45) is 5.10 Å². The van der Waals surface area contributed by atoms with Crippen LogP contribution >= 0.6 is 0 Å². The van der Waals surface area contributed by atoms with Crippen LogP contribution in [0.3, 0.4) is 0 Å². The molecule has 2 atom stereocenters. The Hall–Kier alpha value is -3.54. The minimum absolute atomic E-state index is 0.0539. The first-order valence-electron chi connectivity index (χ1n) is 10.1. The van der Waals surface area contributed by atoms with E-state index in [9.17, 15) is 0 Å². The Morgan fingerprint density at radius 3 is 2.67 bits per heavy atom. The smallest absolute Gasteiger partial charge is 0.230 e. The molecule has 1 aromatic heterocycles. The number of aromatic nitrogens is 1. The van der Waals surface area contributed by atoms with Crippen molar-refractivity contribution in [3.8, 4) is 17.2 Å². The summed E-state index contributed by atoms with van der Waals surface area (Å²) in [7, 11) is 1.67. The maximum Gasteiger partial charge on any atom is 0.230 e. The number of rotatable bonds is 5. The van der Waals surface area contributed by atoms with Crippen LogP contribution in [0.2, 0.25) is 0 Å². The molecule has 3 aromatic rings. The molecule has 2 aliphatic heterocycles. The van der Waals surface area contributed by atoms with Crippen LogP contribution in [0.4, 0.5) is 0 Å². The summed E-state index contributed by atoms with van der Waals surface area (Å²) in [6, 6.07) is 20.0. The molecule has 0 spiro atoms. The van der Waals surface area contributed by atoms with Crippen molar-refractivity contribution in [1.82, 2.24) is 9.99 Å². The number of hydrogen-bond donors (Lipinski definition) is 0. The predicted molar refractivity (Wildman–Crippen MR) is 114 cm³/mol. The maximum absolute atomic E-state index is 6.45. The van der Waals surface area contributed by atoms with Crippen molar-refractivity contribution in [3.63, 3.8) is 0 Å². The lowest BCUT2D eigenvalue weighted by atomic mass is 9.96. The molecule has 3 heterocycles. The number of hydrazone groups is 1. The summed E-state index contributed by atoms with van der Waals surface area (Å²) in [4.78, 5) is 4.54. The fourth-order valence-electron chi connectivity index (χ4n) is 4.03. The van der Waals surface area contributed by atoms with E-state index < -0.39 is 6.23 Å². The second kappa shape index (κ2) is 7.71. The van der Waals surface area contributed by atoms with Crippen molar-refractivity contribution in [1.29, 1.82) is 0 Å². The summed E-state index contributed by atoms with van der Waals surface area (Å²) in [6.07, 6.45) is 2.14. The van der Waals surface area contributed by atoms with Gasteiger partial charge in [-0.05, 0) is 55.0 Å². The molecule has 152 valence electrons. The fourth-order valence-corrected chi connectivity index (χ4v) is 4.03. The van der Waals surface area contributed by atoms with Crippen LogP contribution in [0, 0.1) is 0 Å². The van der Waals surface area contributed by atoms with Crippen molar-refractivity contribution in [2.75, 3.05) is 13.7 Å². The molecule has 0 N–H and O–H groups in total. The van der Waals surface area contributed by atoms with Gasteiger partial charge in [-0.25, -0.2) is 5.01 Å². The van der Waals surface area contributed by atoms with Crippen LogP contribution in [0.5, 0.6) is 17.2 Å². The van der Waals surface area contributed by atoms with E-state index in [1.807, 2.05) is 66.5 Å². The first-order valence-corrected chi connectivity index (χ1v) is 10.1. The monoisotopic (exact) mass is 401 g/mol. The summed E-state index contributed by atoms with van der Waals surface area (Å²) in [5, 5.41) is 7.00. The van der Waals surface area contributed by atoms with Gasteiger partial charge in [0.15, 0.2) is 11.5 Å².